The molecule has 0 aromatic heterocycles. The minimum Gasteiger partial charge on any atom is -0.222 e. The molecule has 0 saturated heterocycles. The minimum absolute atomic E-state index is 2.22. The molecule has 1 aliphatic rings. The van der Waals surface area contributed by atoms with Crippen molar-refractivity contribution in [1.82, 2.24) is 0 Å². The van der Waals surface area contributed by atoms with E-state index in [0.717, 1.165) is 0 Å². The molecule has 1 rings (SSSR count). The lowest BCUT2D eigenvalue weighted by Gasteiger charge is -1.88. The van der Waals surface area contributed by atoms with E-state index in [1.807, 2.05) is 0 Å². The Labute approximate surface area is 74.6 Å². The normalized spacial score (nSPS) is 66.0. The van der Waals surface area contributed by atoms with E-state index in [0.29, 0.717) is 0 Å². The van der Waals surface area contributed by atoms with Crippen molar-refractivity contribution < 1.29 is 13.2 Å². The molecular formula is C3Br3F3. The van der Waals surface area contributed by atoms with E-state index in [9.17, 15) is 13.2 Å². The molecule has 0 aromatic rings. The largest absolute Gasteiger partial charge is 0.260 e. The summed E-state index contributed by atoms with van der Waals surface area (Å²) < 4.78 is 29.3. The highest BCUT2D eigenvalue weighted by Crippen LogP contribution is 2.75. The summed E-state index contributed by atoms with van der Waals surface area (Å²) in [5, 5.41) is 0. The maximum Gasteiger partial charge on any atom is 0.260 e. The van der Waals surface area contributed by atoms with E-state index in [4.69, 9.17) is 0 Å². The van der Waals surface area contributed by atoms with E-state index < -0.39 is 13.7 Å². The third kappa shape index (κ3) is 0.701. The van der Waals surface area contributed by atoms with Gasteiger partial charge in [-0.3, -0.25) is 0 Å². The van der Waals surface area contributed by atoms with Crippen molar-refractivity contribution in [3.05, 3.63) is 0 Å². The summed E-state index contributed by atoms with van der Waals surface area (Å²) in [5.74, 6) is 0. The van der Waals surface area contributed by atoms with Gasteiger partial charge in [-0.1, -0.05) is 0 Å². The van der Waals surface area contributed by atoms with E-state index >= 15 is 0 Å². The van der Waals surface area contributed by atoms with Crippen LogP contribution < -0.4 is 0 Å². The van der Waals surface area contributed by atoms with Gasteiger partial charge in [0.15, 0.2) is 0 Å². The fourth-order valence-electron chi connectivity index (χ4n) is 0.356. The van der Waals surface area contributed by atoms with Crippen LogP contribution in [0.2, 0.25) is 0 Å². The molecule has 0 spiro atoms. The van der Waals surface area contributed by atoms with Gasteiger partial charge in [-0.05, 0) is 47.8 Å². The first-order chi connectivity index (χ1) is 3.75. The van der Waals surface area contributed by atoms with Gasteiger partial charge in [0.05, 0.1) is 0 Å². The second-order valence-corrected chi connectivity index (χ2v) is 5.00. The van der Waals surface area contributed by atoms with E-state index in [1.165, 1.54) is 0 Å². The van der Waals surface area contributed by atoms with Gasteiger partial charge in [0.2, 0.25) is 0 Å². The quantitative estimate of drug-likeness (QED) is 0.598. The molecule has 1 fully saturated rings. The SMILES string of the molecule is FC1(Br)C(F)(Br)C1(F)Br. The van der Waals surface area contributed by atoms with Crippen LogP contribution in [0.25, 0.3) is 0 Å². The van der Waals surface area contributed by atoms with Crippen molar-refractivity contribution >= 4 is 47.8 Å². The van der Waals surface area contributed by atoms with E-state index in [-0.39, 0.29) is 0 Å². The summed E-state index contributed by atoms with van der Waals surface area (Å²) in [6.45, 7) is 0. The van der Waals surface area contributed by atoms with E-state index in [2.05, 4.69) is 47.8 Å². The van der Waals surface area contributed by atoms with Crippen LogP contribution >= 0.6 is 47.8 Å². The zero-order valence-electron chi connectivity index (χ0n) is 3.77. The summed E-state index contributed by atoms with van der Waals surface area (Å²) in [5.41, 5.74) is 0. The molecule has 0 unspecified atom stereocenters. The van der Waals surface area contributed by atoms with Gasteiger partial charge >= 0.3 is 0 Å². The number of halogens is 6. The molecule has 9 heavy (non-hydrogen) atoms. The van der Waals surface area contributed by atoms with Crippen LogP contribution in [0, 0.1) is 0 Å². The molecule has 0 aromatic carbocycles. The molecule has 1 saturated carbocycles. The molecule has 0 heterocycles. The molecule has 0 aliphatic heterocycles. The smallest absolute Gasteiger partial charge is 0.222 e. The predicted octanol–water partition coefficient (Wildman–Crippen LogP) is 3.18. The molecule has 0 atom stereocenters. The van der Waals surface area contributed by atoms with E-state index in [1.54, 1.807) is 0 Å². The maximum absolute atomic E-state index is 12.4. The molecule has 0 radical (unpaired) electrons. The second-order valence-electron chi connectivity index (χ2n) is 1.72. The maximum atomic E-state index is 12.4. The molecule has 54 valence electrons. The zero-order valence-corrected chi connectivity index (χ0v) is 8.53. The van der Waals surface area contributed by atoms with Crippen LogP contribution in [0.15, 0.2) is 0 Å². The first kappa shape index (κ1) is 8.33. The van der Waals surface area contributed by atoms with Crippen molar-refractivity contribution in [2.75, 3.05) is 0 Å². The van der Waals surface area contributed by atoms with Gasteiger partial charge in [0.25, 0.3) is 13.7 Å². The highest BCUT2D eigenvalue weighted by atomic mass is 79.9. The fraction of sp³-hybridized carbons (Fsp3) is 1.00. The molecule has 1 aliphatic carbocycles. The van der Waals surface area contributed by atoms with Gasteiger partial charge < -0.3 is 0 Å². The topological polar surface area (TPSA) is 0 Å². The highest BCUT2D eigenvalue weighted by Gasteiger charge is 2.92. The van der Waals surface area contributed by atoms with Gasteiger partial charge in [0, 0.05) is 0 Å². The van der Waals surface area contributed by atoms with Crippen LogP contribution in [-0.2, 0) is 0 Å². The third-order valence-electron chi connectivity index (χ3n) is 1.12. The second kappa shape index (κ2) is 1.69. The number of hydrogen-bond donors (Lipinski definition) is 0. The molecule has 0 bridgehead atoms. The van der Waals surface area contributed by atoms with Crippen LogP contribution in [0.3, 0.4) is 0 Å². The first-order valence-electron chi connectivity index (χ1n) is 1.88. The molecule has 0 nitrogen and oxygen atoms in total. The van der Waals surface area contributed by atoms with Crippen LogP contribution in [-0.4, -0.2) is 13.7 Å². The third-order valence-corrected chi connectivity index (χ3v) is 5.99. The van der Waals surface area contributed by atoms with Gasteiger partial charge in [-0.15, -0.1) is 0 Å². The lowest BCUT2D eigenvalue weighted by molar-refractivity contribution is 0.330. The van der Waals surface area contributed by atoms with Gasteiger partial charge in [-0.2, -0.15) is 0 Å². The molecular weight excluding hydrogens is 333 g/mol. The van der Waals surface area contributed by atoms with Crippen LogP contribution in [0.5, 0.6) is 0 Å². The van der Waals surface area contributed by atoms with Crippen molar-refractivity contribution in [2.45, 2.75) is 13.7 Å². The molecule has 0 N–H and O–H groups in total. The Balaban J connectivity index is 2.91. The summed E-state index contributed by atoms with van der Waals surface area (Å²) in [7, 11) is 0. The Kier molecular flexibility index (Phi) is 1.56. The summed E-state index contributed by atoms with van der Waals surface area (Å²) >= 11 is 6.66. The van der Waals surface area contributed by atoms with Crippen molar-refractivity contribution in [3.63, 3.8) is 0 Å². The number of hydrogen-bond acceptors (Lipinski definition) is 0. The lowest BCUT2D eigenvalue weighted by Crippen LogP contribution is -1.98. The summed E-state index contributed by atoms with van der Waals surface area (Å²) in [4.78, 5) is 0. The number of alkyl halides is 6. The number of rotatable bonds is 0. The average molecular weight is 333 g/mol. The average Bonchev–Trinajstić information content (AvgIpc) is 1.84. The predicted molar refractivity (Wildman–Crippen MR) is 38.3 cm³/mol. The Bertz CT molecular complexity index is 112. The van der Waals surface area contributed by atoms with Crippen molar-refractivity contribution in [1.29, 1.82) is 0 Å². The van der Waals surface area contributed by atoms with Crippen LogP contribution in [0.4, 0.5) is 13.2 Å². The van der Waals surface area contributed by atoms with Crippen LogP contribution in [0.1, 0.15) is 0 Å². The highest BCUT2D eigenvalue weighted by molar-refractivity contribution is 9.16. The van der Waals surface area contributed by atoms with Gasteiger partial charge in [0.1, 0.15) is 0 Å². The fourth-order valence-corrected chi connectivity index (χ4v) is 2.50. The Hall–Kier alpha value is 1.23. The Morgan fingerprint density at radius 3 is 0.778 bits per heavy atom. The minimum atomic E-state index is -2.65. The van der Waals surface area contributed by atoms with Crippen molar-refractivity contribution in [3.8, 4) is 0 Å². The van der Waals surface area contributed by atoms with Gasteiger partial charge in [-0.25, -0.2) is 13.2 Å². The zero-order chi connectivity index (χ0) is 7.50. The first-order valence-corrected chi connectivity index (χ1v) is 4.26. The monoisotopic (exact) mass is 330 g/mol. The lowest BCUT2D eigenvalue weighted by atomic mass is 10.9. The Morgan fingerprint density at radius 2 is 0.778 bits per heavy atom. The standard InChI is InChI=1S/C3Br3F3/c4-1(7)2(5,8)3(1,6)9. The summed E-state index contributed by atoms with van der Waals surface area (Å²) in [6.07, 6.45) is 0. The Morgan fingerprint density at radius 1 is 0.667 bits per heavy atom. The molecule has 0 amide bonds. The molecule has 6 heteroatoms. The van der Waals surface area contributed by atoms with Crippen molar-refractivity contribution in [2.24, 2.45) is 0 Å². The summed E-state index contributed by atoms with van der Waals surface area (Å²) in [6, 6.07) is 0.